The molecule has 0 amide bonds. The van der Waals surface area contributed by atoms with Crippen LogP contribution in [-0.4, -0.2) is 67.0 Å². The molecule has 132 valence electrons. The van der Waals surface area contributed by atoms with Crippen LogP contribution in [0.3, 0.4) is 0 Å². The number of piperidine rings is 1. The molecule has 2 aliphatic heterocycles. The number of hydrogen-bond acceptors (Lipinski definition) is 7. The van der Waals surface area contributed by atoms with E-state index in [0.717, 1.165) is 12.8 Å². The molecule has 0 atom stereocenters. The second kappa shape index (κ2) is 6.93. The van der Waals surface area contributed by atoms with Crippen LogP contribution in [0.4, 0.5) is 11.5 Å². The van der Waals surface area contributed by atoms with Crippen LogP contribution in [0.25, 0.3) is 0 Å². The maximum atomic E-state index is 11.5. The van der Waals surface area contributed by atoms with Gasteiger partial charge in [-0.05, 0) is 28.8 Å². The van der Waals surface area contributed by atoms with Crippen molar-refractivity contribution in [2.45, 2.75) is 18.9 Å². The van der Waals surface area contributed by atoms with Crippen molar-refractivity contribution in [3.63, 3.8) is 0 Å². The van der Waals surface area contributed by atoms with Gasteiger partial charge in [0.25, 0.3) is 0 Å². The van der Waals surface area contributed by atoms with Crippen molar-refractivity contribution in [2.24, 2.45) is 0 Å². The fourth-order valence-electron chi connectivity index (χ4n) is 3.33. The first-order chi connectivity index (χ1) is 11.4. The molecule has 2 fully saturated rings. The molecule has 1 aromatic rings. The average Bonchev–Trinajstić information content (AvgIpc) is 2.55. The molecule has 0 radical (unpaired) electrons. The highest BCUT2D eigenvalue weighted by Gasteiger charge is 2.31. The van der Waals surface area contributed by atoms with Crippen LogP contribution >= 0.6 is 15.9 Å². The fraction of sp³-hybridized carbons (Fsp3) is 0.643. The van der Waals surface area contributed by atoms with Crippen LogP contribution in [0.5, 0.6) is 0 Å². The lowest BCUT2D eigenvalue weighted by atomic mass is 10.0. The van der Waals surface area contributed by atoms with Crippen LogP contribution in [-0.2, 0) is 9.84 Å². The molecule has 10 heteroatoms. The van der Waals surface area contributed by atoms with Crippen LogP contribution < -0.4 is 4.90 Å². The van der Waals surface area contributed by atoms with E-state index in [1.54, 1.807) is 6.20 Å². The second-order valence-corrected chi connectivity index (χ2v) is 9.38. The van der Waals surface area contributed by atoms with Gasteiger partial charge in [0, 0.05) is 49.0 Å². The molecule has 3 rings (SSSR count). The monoisotopic (exact) mass is 418 g/mol. The van der Waals surface area contributed by atoms with Crippen molar-refractivity contribution >= 4 is 37.3 Å². The van der Waals surface area contributed by atoms with Gasteiger partial charge in [0.05, 0.1) is 16.4 Å². The summed E-state index contributed by atoms with van der Waals surface area (Å²) in [6.07, 6.45) is 3.29. The Bertz CT molecular complexity index is 720. The zero-order chi connectivity index (χ0) is 17.3. The number of pyridine rings is 1. The Morgan fingerprint density at radius 2 is 1.83 bits per heavy atom. The first-order valence-corrected chi connectivity index (χ1v) is 10.5. The number of nitro groups is 1. The van der Waals surface area contributed by atoms with E-state index in [2.05, 4.69) is 25.8 Å². The van der Waals surface area contributed by atoms with E-state index < -0.39 is 14.8 Å². The van der Waals surface area contributed by atoms with Crippen LogP contribution in [0.2, 0.25) is 0 Å². The minimum absolute atomic E-state index is 0.00638. The van der Waals surface area contributed by atoms with Gasteiger partial charge in [-0.25, -0.2) is 13.4 Å². The minimum Gasteiger partial charge on any atom is -0.351 e. The third kappa shape index (κ3) is 3.86. The molecule has 0 bridgehead atoms. The Balaban J connectivity index is 1.65. The Kier molecular flexibility index (Phi) is 5.07. The van der Waals surface area contributed by atoms with Gasteiger partial charge in [0.2, 0.25) is 5.82 Å². The first-order valence-electron chi connectivity index (χ1n) is 7.85. The van der Waals surface area contributed by atoms with Gasteiger partial charge in [-0.3, -0.25) is 15.0 Å². The fourth-order valence-corrected chi connectivity index (χ4v) is 4.88. The van der Waals surface area contributed by atoms with Crippen LogP contribution in [0, 0.1) is 10.1 Å². The Morgan fingerprint density at radius 3 is 2.42 bits per heavy atom. The molecule has 3 heterocycles. The summed E-state index contributed by atoms with van der Waals surface area (Å²) in [6, 6.07) is 1.82. The summed E-state index contributed by atoms with van der Waals surface area (Å²) in [5.74, 6) is 0.864. The first kappa shape index (κ1) is 17.6. The van der Waals surface area contributed by atoms with Crippen LogP contribution in [0.1, 0.15) is 12.8 Å². The Hall–Kier alpha value is -1.26. The molecule has 0 spiro atoms. The minimum atomic E-state index is -2.87. The number of rotatable bonds is 3. The smallest absolute Gasteiger partial charge is 0.312 e. The summed E-state index contributed by atoms with van der Waals surface area (Å²) in [5.41, 5.74) is 0.00638. The SMILES string of the molecule is O=[N+]([O-])c1cc(Br)cnc1N1CCC(N2CCS(=O)(=O)CC2)CC1. The maximum Gasteiger partial charge on any atom is 0.312 e. The van der Waals surface area contributed by atoms with Gasteiger partial charge in [-0.2, -0.15) is 0 Å². The molecule has 1 aromatic heterocycles. The summed E-state index contributed by atoms with van der Waals surface area (Å²) in [4.78, 5) is 19.2. The van der Waals surface area contributed by atoms with Crippen LogP contribution in [0.15, 0.2) is 16.7 Å². The van der Waals surface area contributed by atoms with Gasteiger partial charge < -0.3 is 4.90 Å². The van der Waals surface area contributed by atoms with Gasteiger partial charge in [-0.15, -0.1) is 0 Å². The van der Waals surface area contributed by atoms with Gasteiger partial charge in [0.15, 0.2) is 9.84 Å². The zero-order valence-electron chi connectivity index (χ0n) is 13.1. The number of nitrogens with zero attached hydrogens (tertiary/aromatic N) is 4. The molecule has 0 aliphatic carbocycles. The Labute approximate surface area is 149 Å². The topological polar surface area (TPSA) is 96.7 Å². The molecule has 0 saturated carbocycles. The van der Waals surface area contributed by atoms with E-state index in [1.807, 2.05) is 4.90 Å². The summed E-state index contributed by atoms with van der Waals surface area (Å²) in [5, 5.41) is 11.2. The van der Waals surface area contributed by atoms with Crippen molar-refractivity contribution in [1.29, 1.82) is 0 Å². The standard InChI is InChI=1S/C14H19BrN4O4S/c15-11-9-13(19(20)21)14(16-10-11)18-3-1-12(2-4-18)17-5-7-24(22,23)8-6-17/h9-10,12H,1-8H2. The molecule has 0 unspecified atom stereocenters. The lowest BCUT2D eigenvalue weighted by Crippen LogP contribution is -2.50. The van der Waals surface area contributed by atoms with Crippen molar-refractivity contribution in [2.75, 3.05) is 42.6 Å². The summed E-state index contributed by atoms with van der Waals surface area (Å²) in [7, 11) is -2.87. The quantitative estimate of drug-likeness (QED) is 0.541. The number of hydrogen-bond donors (Lipinski definition) is 0. The predicted octanol–water partition coefficient (Wildman–Crippen LogP) is 1.45. The largest absolute Gasteiger partial charge is 0.351 e. The number of aromatic nitrogens is 1. The number of halogens is 1. The van der Waals surface area contributed by atoms with E-state index in [-0.39, 0.29) is 17.2 Å². The second-order valence-electron chi connectivity index (χ2n) is 6.16. The molecular formula is C14H19BrN4O4S. The van der Waals surface area contributed by atoms with E-state index in [9.17, 15) is 18.5 Å². The van der Waals surface area contributed by atoms with E-state index in [0.29, 0.717) is 42.5 Å². The van der Waals surface area contributed by atoms with E-state index in [4.69, 9.17) is 0 Å². The third-order valence-corrected chi connectivity index (χ3v) is 6.71. The predicted molar refractivity (Wildman–Crippen MR) is 94.1 cm³/mol. The number of anilines is 1. The van der Waals surface area contributed by atoms with Crippen molar-refractivity contribution in [3.05, 3.63) is 26.9 Å². The maximum absolute atomic E-state index is 11.5. The summed E-state index contributed by atoms with van der Waals surface area (Å²) in [6.45, 7) is 2.54. The molecule has 2 saturated heterocycles. The normalized spacial score (nSPS) is 22.5. The molecule has 2 aliphatic rings. The highest BCUT2D eigenvalue weighted by atomic mass is 79.9. The highest BCUT2D eigenvalue weighted by molar-refractivity contribution is 9.10. The van der Waals surface area contributed by atoms with Gasteiger partial charge >= 0.3 is 5.69 Å². The lowest BCUT2D eigenvalue weighted by Gasteiger charge is -2.40. The molecule has 8 nitrogen and oxygen atoms in total. The highest BCUT2D eigenvalue weighted by Crippen LogP contribution is 2.31. The van der Waals surface area contributed by atoms with E-state index in [1.165, 1.54) is 6.07 Å². The van der Waals surface area contributed by atoms with Gasteiger partial charge in [0.1, 0.15) is 0 Å². The molecule has 24 heavy (non-hydrogen) atoms. The summed E-state index contributed by atoms with van der Waals surface area (Å²) < 4.78 is 23.7. The molecule has 0 N–H and O–H groups in total. The van der Waals surface area contributed by atoms with Crippen molar-refractivity contribution in [1.82, 2.24) is 9.88 Å². The van der Waals surface area contributed by atoms with E-state index >= 15 is 0 Å². The number of sulfone groups is 1. The average molecular weight is 419 g/mol. The zero-order valence-corrected chi connectivity index (χ0v) is 15.5. The van der Waals surface area contributed by atoms with Crippen molar-refractivity contribution < 1.29 is 13.3 Å². The Morgan fingerprint density at radius 1 is 1.21 bits per heavy atom. The molecular weight excluding hydrogens is 400 g/mol. The van der Waals surface area contributed by atoms with Gasteiger partial charge in [-0.1, -0.05) is 0 Å². The molecule has 0 aromatic carbocycles. The lowest BCUT2D eigenvalue weighted by molar-refractivity contribution is -0.384. The summed E-state index contributed by atoms with van der Waals surface area (Å²) >= 11 is 3.22. The third-order valence-electron chi connectivity index (χ3n) is 4.67. The van der Waals surface area contributed by atoms with Crippen molar-refractivity contribution in [3.8, 4) is 0 Å².